The van der Waals surface area contributed by atoms with E-state index in [0.717, 1.165) is 29.3 Å². The first-order chi connectivity index (χ1) is 9.40. The summed E-state index contributed by atoms with van der Waals surface area (Å²) in [6, 6.07) is 5.90. The summed E-state index contributed by atoms with van der Waals surface area (Å²) in [5.41, 5.74) is -0.458. The van der Waals surface area contributed by atoms with Crippen LogP contribution in [0.1, 0.15) is 36.9 Å². The van der Waals surface area contributed by atoms with Crippen molar-refractivity contribution in [2.45, 2.75) is 39.3 Å². The number of hydrogen-bond acceptors (Lipinski definition) is 5. The predicted octanol–water partition coefficient (Wildman–Crippen LogP) is 2.62. The van der Waals surface area contributed by atoms with Crippen LogP contribution in [0.4, 0.5) is 4.79 Å². The fourth-order valence-electron chi connectivity index (χ4n) is 1.46. The number of carbonyl (C=O) groups excluding carboxylic acids is 1. The Morgan fingerprint density at radius 3 is 2.75 bits per heavy atom. The van der Waals surface area contributed by atoms with E-state index in [-0.39, 0.29) is 6.09 Å². The Labute approximate surface area is 123 Å². The summed E-state index contributed by atoms with van der Waals surface area (Å²) in [7, 11) is 0. The van der Waals surface area contributed by atoms with Crippen LogP contribution >= 0.6 is 11.3 Å². The van der Waals surface area contributed by atoms with Gasteiger partial charge in [0.05, 0.1) is 0 Å². The summed E-state index contributed by atoms with van der Waals surface area (Å²) in [5, 5.41) is 14.7. The number of hydrogen-bond donors (Lipinski definition) is 2. The van der Waals surface area contributed by atoms with Crippen LogP contribution in [-0.2, 0) is 11.3 Å². The molecule has 0 saturated carbocycles. The van der Waals surface area contributed by atoms with Crippen LogP contribution in [0.25, 0.3) is 0 Å². The molecule has 0 bridgehead atoms. The number of alkyl carbamates (subject to hydrolysis) is 1. The minimum Gasteiger partial charge on any atom is -0.444 e. The number of thiophene rings is 1. The van der Waals surface area contributed by atoms with Crippen molar-refractivity contribution in [3.05, 3.63) is 21.9 Å². The number of nitrogens with zero attached hydrogens (tertiary/aromatic N) is 1. The zero-order chi connectivity index (χ0) is 15.0. The highest BCUT2D eigenvalue weighted by atomic mass is 32.1. The Morgan fingerprint density at radius 2 is 2.15 bits per heavy atom. The molecule has 0 radical (unpaired) electrons. The zero-order valence-electron chi connectivity index (χ0n) is 12.2. The molecule has 0 atom stereocenters. The number of rotatable bonds is 6. The number of amides is 1. The molecule has 1 aromatic rings. The quantitative estimate of drug-likeness (QED) is 0.791. The average Bonchev–Trinajstić information content (AvgIpc) is 2.79. The summed E-state index contributed by atoms with van der Waals surface area (Å²) in [6.45, 7) is 7.64. The highest BCUT2D eigenvalue weighted by Crippen LogP contribution is 2.14. The van der Waals surface area contributed by atoms with Gasteiger partial charge in [0.15, 0.2) is 0 Å². The molecule has 1 aromatic heterocycles. The van der Waals surface area contributed by atoms with Crippen LogP contribution in [0, 0.1) is 11.3 Å². The summed E-state index contributed by atoms with van der Waals surface area (Å²) >= 11 is 1.49. The van der Waals surface area contributed by atoms with Gasteiger partial charge in [0.1, 0.15) is 16.5 Å². The molecule has 0 aromatic carbocycles. The van der Waals surface area contributed by atoms with Crippen molar-refractivity contribution < 1.29 is 9.53 Å². The molecule has 0 fully saturated rings. The van der Waals surface area contributed by atoms with E-state index in [4.69, 9.17) is 10.00 Å². The molecule has 1 rings (SSSR count). The first-order valence-corrected chi connectivity index (χ1v) is 7.39. The standard InChI is InChI=1S/C14H21N3O2S/c1-14(2,3)19-13(18)17-8-4-7-16-10-12-6-5-11(9-15)20-12/h5-6,16H,4,7-8,10H2,1-3H3,(H,17,18). The van der Waals surface area contributed by atoms with Gasteiger partial charge >= 0.3 is 6.09 Å². The first-order valence-electron chi connectivity index (χ1n) is 6.57. The fourth-order valence-corrected chi connectivity index (χ4v) is 2.24. The Balaban J connectivity index is 2.05. The molecular formula is C14H21N3O2S. The van der Waals surface area contributed by atoms with Crippen LogP contribution in [0.15, 0.2) is 12.1 Å². The van der Waals surface area contributed by atoms with Crippen molar-refractivity contribution in [1.29, 1.82) is 5.26 Å². The molecule has 0 saturated heterocycles. The van der Waals surface area contributed by atoms with Crippen molar-refractivity contribution in [1.82, 2.24) is 10.6 Å². The van der Waals surface area contributed by atoms with E-state index in [1.807, 2.05) is 32.9 Å². The maximum atomic E-state index is 11.4. The highest BCUT2D eigenvalue weighted by Gasteiger charge is 2.15. The zero-order valence-corrected chi connectivity index (χ0v) is 13.0. The third-order valence-corrected chi connectivity index (χ3v) is 3.26. The topological polar surface area (TPSA) is 74.2 Å². The SMILES string of the molecule is CC(C)(C)OC(=O)NCCCNCc1ccc(C#N)s1. The van der Waals surface area contributed by atoms with Gasteiger partial charge < -0.3 is 15.4 Å². The molecule has 20 heavy (non-hydrogen) atoms. The first kappa shape index (κ1) is 16.5. The molecule has 0 unspecified atom stereocenters. The summed E-state index contributed by atoms with van der Waals surface area (Å²) in [5.74, 6) is 0. The monoisotopic (exact) mass is 295 g/mol. The molecule has 0 spiro atoms. The van der Waals surface area contributed by atoms with Crippen LogP contribution < -0.4 is 10.6 Å². The van der Waals surface area contributed by atoms with Gasteiger partial charge in [-0.1, -0.05) is 0 Å². The van der Waals surface area contributed by atoms with Gasteiger partial charge in [-0.2, -0.15) is 5.26 Å². The molecule has 0 aliphatic carbocycles. The molecule has 0 aliphatic rings. The Kier molecular flexibility index (Phi) is 6.49. The number of carbonyl (C=O) groups is 1. The fraction of sp³-hybridized carbons (Fsp3) is 0.571. The molecule has 5 nitrogen and oxygen atoms in total. The Hall–Kier alpha value is -1.58. The van der Waals surface area contributed by atoms with Gasteiger partial charge in [0, 0.05) is 18.0 Å². The van der Waals surface area contributed by atoms with Gasteiger partial charge in [0.2, 0.25) is 0 Å². The maximum Gasteiger partial charge on any atom is 0.407 e. The van der Waals surface area contributed by atoms with Crippen molar-refractivity contribution in [3.8, 4) is 6.07 Å². The molecular weight excluding hydrogens is 274 g/mol. The van der Waals surface area contributed by atoms with Gasteiger partial charge in [0.25, 0.3) is 0 Å². The van der Waals surface area contributed by atoms with E-state index in [9.17, 15) is 4.79 Å². The molecule has 1 heterocycles. The van der Waals surface area contributed by atoms with Gasteiger partial charge in [-0.25, -0.2) is 4.79 Å². The van der Waals surface area contributed by atoms with E-state index in [1.54, 1.807) is 0 Å². The molecule has 2 N–H and O–H groups in total. The van der Waals surface area contributed by atoms with E-state index < -0.39 is 5.60 Å². The molecule has 110 valence electrons. The van der Waals surface area contributed by atoms with Crippen LogP contribution in [0.2, 0.25) is 0 Å². The average molecular weight is 295 g/mol. The highest BCUT2D eigenvalue weighted by molar-refractivity contribution is 7.12. The van der Waals surface area contributed by atoms with E-state index >= 15 is 0 Å². The van der Waals surface area contributed by atoms with E-state index in [2.05, 4.69) is 16.7 Å². The molecule has 1 amide bonds. The van der Waals surface area contributed by atoms with Crippen molar-refractivity contribution in [2.24, 2.45) is 0 Å². The second-order valence-corrected chi connectivity index (χ2v) is 6.51. The number of ether oxygens (including phenoxy) is 1. The number of nitrogens with one attached hydrogen (secondary N) is 2. The minimum absolute atomic E-state index is 0.380. The maximum absolute atomic E-state index is 11.4. The van der Waals surface area contributed by atoms with Crippen molar-refractivity contribution in [2.75, 3.05) is 13.1 Å². The van der Waals surface area contributed by atoms with Crippen molar-refractivity contribution >= 4 is 17.4 Å². The Bertz CT molecular complexity index is 471. The second-order valence-electron chi connectivity index (χ2n) is 5.34. The van der Waals surface area contributed by atoms with Crippen LogP contribution in [-0.4, -0.2) is 24.8 Å². The van der Waals surface area contributed by atoms with Crippen molar-refractivity contribution in [3.63, 3.8) is 0 Å². The normalized spacial score (nSPS) is 10.9. The largest absolute Gasteiger partial charge is 0.444 e. The summed E-state index contributed by atoms with van der Waals surface area (Å²) < 4.78 is 5.13. The van der Waals surface area contributed by atoms with E-state index in [1.165, 1.54) is 11.3 Å². The van der Waals surface area contributed by atoms with Gasteiger partial charge in [-0.05, 0) is 45.9 Å². The summed E-state index contributed by atoms with van der Waals surface area (Å²) in [6.07, 6.45) is 0.449. The Morgan fingerprint density at radius 1 is 1.40 bits per heavy atom. The van der Waals surface area contributed by atoms with Crippen LogP contribution in [0.5, 0.6) is 0 Å². The predicted molar refractivity (Wildman–Crippen MR) is 79.6 cm³/mol. The summed E-state index contributed by atoms with van der Waals surface area (Å²) in [4.78, 5) is 13.2. The molecule has 6 heteroatoms. The third kappa shape index (κ3) is 7.12. The lowest BCUT2D eigenvalue weighted by Crippen LogP contribution is -2.33. The van der Waals surface area contributed by atoms with E-state index in [0.29, 0.717) is 6.54 Å². The lowest BCUT2D eigenvalue weighted by molar-refractivity contribution is 0.0527. The minimum atomic E-state index is -0.458. The smallest absolute Gasteiger partial charge is 0.407 e. The molecule has 0 aliphatic heterocycles. The van der Waals surface area contributed by atoms with Crippen LogP contribution in [0.3, 0.4) is 0 Å². The van der Waals surface area contributed by atoms with Gasteiger partial charge in [-0.3, -0.25) is 0 Å². The lowest BCUT2D eigenvalue weighted by Gasteiger charge is -2.19. The third-order valence-electron chi connectivity index (χ3n) is 2.27. The second kappa shape index (κ2) is 7.88. The number of nitriles is 1. The lowest BCUT2D eigenvalue weighted by atomic mass is 10.2. The van der Waals surface area contributed by atoms with Gasteiger partial charge in [-0.15, -0.1) is 11.3 Å².